The minimum Gasteiger partial charge on any atom is -0.377 e. The number of terminal acetylenes is 3. The lowest BCUT2D eigenvalue weighted by Crippen LogP contribution is -2.74. The first-order valence-electron chi connectivity index (χ1n) is 20.4. The van der Waals surface area contributed by atoms with Gasteiger partial charge in [0.15, 0.2) is 0 Å². The average Bonchev–Trinajstić information content (AvgIpc) is 3.18. The van der Waals surface area contributed by atoms with Gasteiger partial charge in [0.25, 0.3) is 6.57 Å². The van der Waals surface area contributed by atoms with Gasteiger partial charge in [0.05, 0.1) is 70.5 Å². The third-order valence-corrected chi connectivity index (χ3v) is 16.1. The van der Waals surface area contributed by atoms with Crippen LogP contribution in [0.1, 0.15) is 78.6 Å². The molecule has 4 N–H and O–H groups in total. The molecule has 1 atom stereocenters. The number of carbonyl (C=O) groups excluding carboxylic acids is 4. The molecule has 3 fully saturated rings. The first-order chi connectivity index (χ1) is 28.6. The zero-order valence-corrected chi connectivity index (χ0v) is 37.7. The summed E-state index contributed by atoms with van der Waals surface area (Å²) in [7, 11) is 0. The van der Waals surface area contributed by atoms with Gasteiger partial charge in [-0.2, -0.15) is 0 Å². The highest BCUT2D eigenvalue weighted by atomic mass is 32.7. The summed E-state index contributed by atoms with van der Waals surface area (Å²) in [6.45, 7) is 6.55. The molecule has 0 aromatic rings. The molecule has 0 heterocycles. The van der Waals surface area contributed by atoms with Crippen molar-refractivity contribution in [3.8, 4) is 37.0 Å². The SMILES string of the molecule is C#CCOCCOCCNC(=O)CCC(CCC(=O)NCCOCCOCC#C)(CCC(=O)NCCOCCOCC#C)NC(=O)[C@]12C[C@@](OP(=O)(SC)C(C)(C)C)(C1)C2. The van der Waals surface area contributed by atoms with Gasteiger partial charge in [-0.25, -0.2) is 0 Å². The van der Waals surface area contributed by atoms with E-state index in [1.807, 2.05) is 20.8 Å². The summed E-state index contributed by atoms with van der Waals surface area (Å²) >= 11 is 1.22. The molecule has 16 nitrogen and oxygen atoms in total. The van der Waals surface area contributed by atoms with Gasteiger partial charge in [-0.05, 0) is 44.8 Å². The Labute approximate surface area is 361 Å². The minimum atomic E-state index is -3.08. The molecule has 3 saturated carbocycles. The van der Waals surface area contributed by atoms with Gasteiger partial charge in [-0.3, -0.25) is 23.7 Å². The Kier molecular flexibility index (Phi) is 24.5. The van der Waals surface area contributed by atoms with Gasteiger partial charge in [0.2, 0.25) is 23.6 Å². The van der Waals surface area contributed by atoms with Crippen LogP contribution in [0.5, 0.6) is 0 Å². The van der Waals surface area contributed by atoms with E-state index in [9.17, 15) is 23.7 Å². The van der Waals surface area contributed by atoms with Crippen molar-refractivity contribution in [1.29, 1.82) is 0 Å². The zero-order chi connectivity index (χ0) is 44.4. The molecule has 0 aromatic heterocycles. The molecule has 3 aliphatic rings. The second-order valence-electron chi connectivity index (χ2n) is 15.8. The van der Waals surface area contributed by atoms with E-state index in [0.29, 0.717) is 58.9 Å². The Hall–Kier alpha value is -3.14. The lowest BCUT2D eigenvalue weighted by atomic mass is 9.41. The molecule has 0 saturated heterocycles. The van der Waals surface area contributed by atoms with Crippen LogP contribution in [0.4, 0.5) is 0 Å². The Bertz CT molecular complexity index is 1400. The molecule has 3 rings (SSSR count). The fraction of sp³-hybridized carbons (Fsp3) is 0.762. The Morgan fingerprint density at radius 3 is 1.28 bits per heavy atom. The van der Waals surface area contributed by atoms with Crippen molar-refractivity contribution < 1.29 is 56.7 Å². The second kappa shape index (κ2) is 27.7. The average molecular weight is 883 g/mol. The molecule has 2 bridgehead atoms. The quantitative estimate of drug-likeness (QED) is 0.0413. The van der Waals surface area contributed by atoms with Crippen molar-refractivity contribution in [3.63, 3.8) is 0 Å². The summed E-state index contributed by atoms with van der Waals surface area (Å²) in [6, 6.07) is 0. The van der Waals surface area contributed by atoms with Crippen LogP contribution in [0.3, 0.4) is 0 Å². The third kappa shape index (κ3) is 18.9. The summed E-state index contributed by atoms with van der Waals surface area (Å²) < 4.78 is 52.1. The van der Waals surface area contributed by atoms with Crippen LogP contribution in [0.15, 0.2) is 0 Å². The fourth-order valence-corrected chi connectivity index (χ4v) is 10.8. The standard InChI is InChI=1S/C42H67N4O12PS/c1-8-20-52-26-29-55-23-17-43-35(47)11-14-41(15-12-36(48)44-18-24-56-30-27-53-21-9-2,16-13-37(49)45-19-25-57-31-28-54-22-10-3)46-38(50)40-32-42(33-40,34-40)58-59(51,60-7)39(4,5)6/h1-3H,11-34H2,4-7H3,(H,43,47)(H,44,48)(H,45,49)(H,46,50)/t40-,42-,59?. The first kappa shape index (κ1) is 53.0. The van der Waals surface area contributed by atoms with Gasteiger partial charge in [0, 0.05) is 49.6 Å². The van der Waals surface area contributed by atoms with E-state index in [1.54, 1.807) is 6.26 Å². The highest BCUT2D eigenvalue weighted by molar-refractivity contribution is 8.56. The Balaban J connectivity index is 2.16. The van der Waals surface area contributed by atoms with E-state index >= 15 is 0 Å². The zero-order valence-electron chi connectivity index (χ0n) is 36.0. The normalized spacial score (nSPS) is 18.9. The molecule has 18 heteroatoms. The summed E-state index contributed by atoms with van der Waals surface area (Å²) in [4.78, 5) is 53.7. The van der Waals surface area contributed by atoms with Crippen LogP contribution in [0, 0.1) is 42.4 Å². The van der Waals surface area contributed by atoms with Crippen LogP contribution in [-0.2, 0) is 56.7 Å². The van der Waals surface area contributed by atoms with Crippen molar-refractivity contribution in [2.75, 3.05) is 105 Å². The van der Waals surface area contributed by atoms with E-state index in [1.165, 1.54) is 11.4 Å². The maximum absolute atomic E-state index is 14.3. The number of hydrogen-bond donors (Lipinski definition) is 4. The van der Waals surface area contributed by atoms with E-state index in [0.717, 1.165) is 0 Å². The molecule has 0 aliphatic heterocycles. The monoisotopic (exact) mass is 882 g/mol. The molecular weight excluding hydrogens is 816 g/mol. The Morgan fingerprint density at radius 1 is 0.617 bits per heavy atom. The maximum atomic E-state index is 14.3. The lowest BCUT2D eigenvalue weighted by molar-refractivity contribution is -0.236. The van der Waals surface area contributed by atoms with Crippen molar-refractivity contribution in [2.45, 2.75) is 94.9 Å². The molecule has 4 amide bonds. The molecule has 0 aromatic carbocycles. The van der Waals surface area contributed by atoms with Gasteiger partial charge < -0.3 is 54.2 Å². The van der Waals surface area contributed by atoms with E-state index in [-0.39, 0.29) is 121 Å². The molecule has 1 unspecified atom stereocenters. The molecule has 60 heavy (non-hydrogen) atoms. The number of hydrogen-bond acceptors (Lipinski definition) is 13. The third-order valence-electron chi connectivity index (χ3n) is 10.1. The van der Waals surface area contributed by atoms with Gasteiger partial charge in [0.1, 0.15) is 19.8 Å². The van der Waals surface area contributed by atoms with E-state index in [4.69, 9.17) is 52.2 Å². The van der Waals surface area contributed by atoms with Gasteiger partial charge in [-0.1, -0.05) is 49.9 Å². The summed E-state index contributed by atoms with van der Waals surface area (Å²) in [5.74, 6) is 6.04. The topological polar surface area (TPSA) is 198 Å². The van der Waals surface area contributed by atoms with E-state index in [2.05, 4.69) is 39.0 Å². The highest BCUT2D eigenvalue weighted by Crippen LogP contribution is 2.78. The first-order valence-corrected chi connectivity index (χ1v) is 23.8. The summed E-state index contributed by atoms with van der Waals surface area (Å²) in [5.41, 5.74) is -2.51. The predicted octanol–water partition coefficient (Wildman–Crippen LogP) is 2.82. The fourth-order valence-electron chi connectivity index (χ4n) is 6.84. The van der Waals surface area contributed by atoms with Crippen LogP contribution in [0.25, 0.3) is 0 Å². The van der Waals surface area contributed by atoms with Gasteiger partial charge in [-0.15, -0.1) is 19.3 Å². The largest absolute Gasteiger partial charge is 0.377 e. The number of amides is 4. The second-order valence-corrected chi connectivity index (χ2v) is 21.2. The molecule has 338 valence electrons. The smallest absolute Gasteiger partial charge is 0.263 e. The predicted molar refractivity (Wildman–Crippen MR) is 230 cm³/mol. The van der Waals surface area contributed by atoms with Crippen molar-refractivity contribution in [2.24, 2.45) is 5.41 Å². The number of ether oxygens (including phenoxy) is 6. The number of carbonyl (C=O) groups is 4. The number of rotatable bonds is 35. The van der Waals surface area contributed by atoms with Crippen LogP contribution >= 0.6 is 18.0 Å². The molecular formula is C42H67N4O12PS. The van der Waals surface area contributed by atoms with Crippen LogP contribution < -0.4 is 21.3 Å². The minimum absolute atomic E-state index is 0.00249. The van der Waals surface area contributed by atoms with Crippen LogP contribution in [-0.4, -0.2) is 145 Å². The van der Waals surface area contributed by atoms with Crippen LogP contribution in [0.2, 0.25) is 0 Å². The molecule has 0 radical (unpaired) electrons. The molecule has 3 aliphatic carbocycles. The van der Waals surface area contributed by atoms with E-state index < -0.39 is 28.3 Å². The highest BCUT2D eigenvalue weighted by Gasteiger charge is 2.74. The lowest BCUT2D eigenvalue weighted by Gasteiger charge is -2.69. The summed E-state index contributed by atoms with van der Waals surface area (Å²) in [5, 5.41) is 11.2. The van der Waals surface area contributed by atoms with Crippen molar-refractivity contribution >= 4 is 41.6 Å². The number of nitrogens with one attached hydrogen (secondary N) is 4. The van der Waals surface area contributed by atoms with Crippen molar-refractivity contribution in [1.82, 2.24) is 21.3 Å². The molecule has 0 spiro atoms. The van der Waals surface area contributed by atoms with Gasteiger partial charge >= 0.3 is 0 Å². The van der Waals surface area contributed by atoms with Crippen molar-refractivity contribution in [3.05, 3.63) is 0 Å². The summed E-state index contributed by atoms with van der Waals surface area (Å²) in [6.07, 6.45) is 19.0. The Morgan fingerprint density at radius 2 is 0.967 bits per heavy atom. The maximum Gasteiger partial charge on any atom is 0.263 e.